The van der Waals surface area contributed by atoms with Crippen molar-refractivity contribution >= 4 is 22.6 Å². The van der Waals surface area contributed by atoms with E-state index in [0.717, 1.165) is 47.0 Å². The molecular weight excluding hydrogens is 390 g/mol. The number of pyridine rings is 1. The minimum atomic E-state index is -0.968. The van der Waals surface area contributed by atoms with Crippen molar-refractivity contribution in [3.05, 3.63) is 70.4 Å². The highest BCUT2D eigenvalue weighted by Crippen LogP contribution is 2.34. The fraction of sp³-hybridized carbons (Fsp3) is 0.320. The number of hydrogen-bond acceptors (Lipinski definition) is 5. The summed E-state index contributed by atoms with van der Waals surface area (Å²) in [5.74, 6) is -0.810. The number of aryl methyl sites for hydroxylation is 1. The van der Waals surface area contributed by atoms with Gasteiger partial charge in [-0.15, -0.1) is 0 Å². The van der Waals surface area contributed by atoms with Gasteiger partial charge in [0.2, 0.25) is 0 Å². The lowest BCUT2D eigenvalue weighted by atomic mass is 9.89. The van der Waals surface area contributed by atoms with E-state index in [0.29, 0.717) is 18.0 Å². The number of para-hydroxylation sites is 1. The van der Waals surface area contributed by atoms with Crippen LogP contribution in [0.15, 0.2) is 42.5 Å². The van der Waals surface area contributed by atoms with Crippen molar-refractivity contribution in [2.24, 2.45) is 0 Å². The molecular formula is C25H25N3O3. The van der Waals surface area contributed by atoms with Crippen LogP contribution in [0.4, 0.5) is 5.69 Å². The molecule has 2 aromatic carbocycles. The van der Waals surface area contributed by atoms with Gasteiger partial charge in [-0.05, 0) is 67.6 Å². The summed E-state index contributed by atoms with van der Waals surface area (Å²) in [5, 5.41) is 23.6. The third-order valence-electron chi connectivity index (χ3n) is 5.84. The quantitative estimate of drug-likeness (QED) is 0.596. The van der Waals surface area contributed by atoms with Gasteiger partial charge in [-0.25, -0.2) is 9.78 Å². The molecule has 0 radical (unpaired) electrons. The van der Waals surface area contributed by atoms with Crippen molar-refractivity contribution in [2.45, 2.75) is 38.6 Å². The Balaban J connectivity index is 1.80. The highest BCUT2D eigenvalue weighted by atomic mass is 16.5. The van der Waals surface area contributed by atoms with Gasteiger partial charge in [-0.3, -0.25) is 0 Å². The normalized spacial score (nSPS) is 17.1. The van der Waals surface area contributed by atoms with Crippen LogP contribution in [0.25, 0.3) is 10.9 Å². The van der Waals surface area contributed by atoms with Gasteiger partial charge >= 0.3 is 5.97 Å². The Morgan fingerprint density at radius 1 is 1.32 bits per heavy atom. The van der Waals surface area contributed by atoms with Gasteiger partial charge in [0.25, 0.3) is 0 Å². The molecule has 0 saturated carbocycles. The van der Waals surface area contributed by atoms with Crippen LogP contribution in [0.3, 0.4) is 0 Å². The minimum absolute atomic E-state index is 0.158. The lowest BCUT2D eigenvalue weighted by molar-refractivity contribution is 0.0698. The predicted molar refractivity (Wildman–Crippen MR) is 119 cm³/mol. The third-order valence-corrected chi connectivity index (χ3v) is 5.84. The molecule has 0 aliphatic carbocycles. The van der Waals surface area contributed by atoms with Crippen molar-refractivity contribution in [3.8, 4) is 6.07 Å². The highest BCUT2D eigenvalue weighted by Gasteiger charge is 2.23. The second-order valence-electron chi connectivity index (χ2n) is 8.09. The third kappa shape index (κ3) is 4.23. The number of anilines is 1. The van der Waals surface area contributed by atoms with Crippen LogP contribution < -0.4 is 5.32 Å². The molecule has 0 spiro atoms. The average molecular weight is 415 g/mol. The van der Waals surface area contributed by atoms with Crippen LogP contribution in [-0.2, 0) is 4.74 Å². The van der Waals surface area contributed by atoms with Crippen LogP contribution in [0.2, 0.25) is 0 Å². The monoisotopic (exact) mass is 415 g/mol. The first kappa shape index (κ1) is 20.8. The number of nitrogens with one attached hydrogen (secondary N) is 1. The number of benzene rings is 2. The Hall–Kier alpha value is -3.43. The van der Waals surface area contributed by atoms with Crippen molar-refractivity contribution < 1.29 is 14.6 Å². The number of aromatic nitrogens is 1. The number of carboxylic acid groups (broad SMARTS) is 1. The van der Waals surface area contributed by atoms with E-state index in [9.17, 15) is 15.2 Å². The van der Waals surface area contributed by atoms with Gasteiger partial charge in [0.1, 0.15) is 11.8 Å². The van der Waals surface area contributed by atoms with Crippen molar-refractivity contribution in [3.63, 3.8) is 0 Å². The first-order valence-electron chi connectivity index (χ1n) is 10.5. The number of fused-ring (bicyclic) bond motifs is 1. The topological polar surface area (TPSA) is 95.2 Å². The number of hydrogen-bond donors (Lipinski definition) is 2. The second kappa shape index (κ2) is 8.75. The fourth-order valence-electron chi connectivity index (χ4n) is 4.32. The Morgan fingerprint density at radius 2 is 2.13 bits per heavy atom. The van der Waals surface area contributed by atoms with Crippen molar-refractivity contribution in [2.75, 3.05) is 18.5 Å². The van der Waals surface area contributed by atoms with Crippen LogP contribution in [-0.4, -0.2) is 29.3 Å². The van der Waals surface area contributed by atoms with Crippen molar-refractivity contribution in [1.29, 1.82) is 5.26 Å². The SMILES string of the molecule is Cc1cc([C@H](C)Nc2ccccc2C(=O)O)c2cc([C@H]3CCCOC3)c(C#N)nc2c1. The molecule has 6 heteroatoms. The number of nitriles is 1. The zero-order valence-electron chi connectivity index (χ0n) is 17.7. The first-order chi connectivity index (χ1) is 15.0. The van der Waals surface area contributed by atoms with E-state index in [-0.39, 0.29) is 17.5 Å². The largest absolute Gasteiger partial charge is 0.478 e. The van der Waals surface area contributed by atoms with Crippen LogP contribution in [0.1, 0.15) is 64.5 Å². The van der Waals surface area contributed by atoms with E-state index < -0.39 is 5.97 Å². The summed E-state index contributed by atoms with van der Waals surface area (Å²) < 4.78 is 5.65. The van der Waals surface area contributed by atoms with Gasteiger partial charge in [0.05, 0.1) is 17.7 Å². The van der Waals surface area contributed by atoms with E-state index in [1.807, 2.05) is 26.0 Å². The van der Waals surface area contributed by atoms with Gasteiger partial charge in [-0.1, -0.05) is 18.2 Å². The van der Waals surface area contributed by atoms with Gasteiger partial charge < -0.3 is 15.2 Å². The number of ether oxygens (including phenoxy) is 1. The number of rotatable bonds is 5. The molecule has 0 bridgehead atoms. The summed E-state index contributed by atoms with van der Waals surface area (Å²) >= 11 is 0. The summed E-state index contributed by atoms with van der Waals surface area (Å²) in [7, 11) is 0. The first-order valence-corrected chi connectivity index (χ1v) is 10.5. The van der Waals surface area contributed by atoms with Gasteiger partial charge in [-0.2, -0.15) is 5.26 Å². The average Bonchev–Trinajstić information content (AvgIpc) is 2.78. The molecule has 0 amide bonds. The Bertz CT molecular complexity index is 1180. The lowest BCUT2D eigenvalue weighted by Crippen LogP contribution is -2.17. The van der Waals surface area contributed by atoms with Crippen LogP contribution in [0.5, 0.6) is 0 Å². The van der Waals surface area contributed by atoms with E-state index in [2.05, 4.69) is 28.5 Å². The molecule has 158 valence electrons. The molecule has 4 rings (SSSR count). The second-order valence-corrected chi connectivity index (χ2v) is 8.09. The lowest BCUT2D eigenvalue weighted by Gasteiger charge is -2.24. The molecule has 2 atom stereocenters. The molecule has 1 saturated heterocycles. The Kier molecular flexibility index (Phi) is 5.88. The molecule has 2 heterocycles. The maximum absolute atomic E-state index is 11.6. The maximum atomic E-state index is 11.6. The molecule has 6 nitrogen and oxygen atoms in total. The van der Waals surface area contributed by atoms with Gasteiger partial charge in [0.15, 0.2) is 0 Å². The zero-order chi connectivity index (χ0) is 22.0. The smallest absolute Gasteiger partial charge is 0.337 e. The van der Waals surface area contributed by atoms with E-state index in [1.165, 1.54) is 0 Å². The Morgan fingerprint density at radius 3 is 2.84 bits per heavy atom. The standard InChI is InChI=1S/C25H25N3O3/c1-15-10-19(16(2)27-22-8-4-3-7-18(22)25(29)30)21-12-20(17-6-5-9-31-14-17)24(13-26)28-23(21)11-15/h3-4,7-8,10-12,16-17,27H,5-6,9,14H2,1-2H3,(H,29,30)/t16-,17-/m0/s1. The molecule has 0 unspecified atom stereocenters. The molecule has 3 aromatic rings. The molecule has 2 N–H and O–H groups in total. The van der Waals surface area contributed by atoms with Crippen LogP contribution in [0, 0.1) is 18.3 Å². The van der Waals surface area contributed by atoms with E-state index in [4.69, 9.17) is 4.74 Å². The minimum Gasteiger partial charge on any atom is -0.478 e. The summed E-state index contributed by atoms with van der Waals surface area (Å²) in [4.78, 5) is 16.3. The number of carboxylic acids is 1. The molecule has 1 fully saturated rings. The maximum Gasteiger partial charge on any atom is 0.337 e. The Labute approximate surface area is 181 Å². The van der Waals surface area contributed by atoms with E-state index >= 15 is 0 Å². The summed E-state index contributed by atoms with van der Waals surface area (Å²) in [5.41, 5.74) is 5.01. The van der Waals surface area contributed by atoms with Crippen LogP contribution >= 0.6 is 0 Å². The fourth-order valence-corrected chi connectivity index (χ4v) is 4.32. The molecule has 1 aliphatic rings. The molecule has 1 aromatic heterocycles. The number of aromatic carboxylic acids is 1. The summed E-state index contributed by atoms with van der Waals surface area (Å²) in [6.45, 7) is 5.36. The number of carbonyl (C=O) groups is 1. The highest BCUT2D eigenvalue weighted by molar-refractivity contribution is 5.94. The number of nitrogens with zero attached hydrogens (tertiary/aromatic N) is 2. The predicted octanol–water partition coefficient (Wildman–Crippen LogP) is 5.18. The summed E-state index contributed by atoms with van der Waals surface area (Å²) in [6, 6.07) is 15.2. The van der Waals surface area contributed by atoms with E-state index in [1.54, 1.807) is 18.2 Å². The molecule has 31 heavy (non-hydrogen) atoms. The van der Waals surface area contributed by atoms with Gasteiger partial charge in [0, 0.05) is 29.6 Å². The zero-order valence-corrected chi connectivity index (χ0v) is 17.7. The molecule has 1 aliphatic heterocycles. The summed E-state index contributed by atoms with van der Waals surface area (Å²) in [6.07, 6.45) is 1.95. The van der Waals surface area contributed by atoms with Crippen molar-refractivity contribution in [1.82, 2.24) is 4.98 Å².